The van der Waals surface area contributed by atoms with Gasteiger partial charge >= 0.3 is 0 Å². The Morgan fingerprint density at radius 1 is 1.26 bits per heavy atom. The van der Waals surface area contributed by atoms with Crippen LogP contribution >= 0.6 is 12.4 Å². The molecular weight excluding hydrogens is 286 g/mol. The molecule has 112 valence electrons. The zero-order valence-electron chi connectivity index (χ0n) is 11.3. The van der Waals surface area contributed by atoms with Crippen LogP contribution in [0, 0.1) is 0 Å². The SMILES string of the molecule is C=CCCS(=O)(=O)N1CCC(N2CCNCC2)C1.Cl. The molecule has 0 saturated carbocycles. The van der Waals surface area contributed by atoms with Gasteiger partial charge in [-0.1, -0.05) is 6.08 Å². The van der Waals surface area contributed by atoms with Crippen LogP contribution in [-0.4, -0.2) is 68.7 Å². The summed E-state index contributed by atoms with van der Waals surface area (Å²) < 4.78 is 25.8. The van der Waals surface area contributed by atoms with E-state index in [9.17, 15) is 8.42 Å². The Hall–Kier alpha value is -0.140. The number of hydrogen-bond donors (Lipinski definition) is 1. The highest BCUT2D eigenvalue weighted by Gasteiger charge is 2.34. The molecule has 2 heterocycles. The van der Waals surface area contributed by atoms with Crippen LogP contribution in [0.5, 0.6) is 0 Å². The van der Waals surface area contributed by atoms with Gasteiger partial charge in [-0.2, -0.15) is 0 Å². The first kappa shape index (κ1) is 16.9. The fraction of sp³-hybridized carbons (Fsp3) is 0.833. The number of nitrogens with one attached hydrogen (secondary N) is 1. The van der Waals surface area contributed by atoms with Crippen LogP contribution < -0.4 is 5.32 Å². The highest BCUT2D eigenvalue weighted by molar-refractivity contribution is 7.89. The number of rotatable bonds is 5. The number of sulfonamides is 1. The second-order valence-corrected chi connectivity index (χ2v) is 7.07. The van der Waals surface area contributed by atoms with Crippen molar-refractivity contribution in [1.82, 2.24) is 14.5 Å². The van der Waals surface area contributed by atoms with Gasteiger partial charge < -0.3 is 5.32 Å². The third kappa shape index (κ3) is 4.43. The van der Waals surface area contributed by atoms with Crippen LogP contribution in [0.4, 0.5) is 0 Å². The molecule has 0 spiro atoms. The molecular formula is C12H24ClN3O2S. The Balaban J connectivity index is 0.00000180. The summed E-state index contributed by atoms with van der Waals surface area (Å²) in [5.74, 6) is 0.199. The van der Waals surface area contributed by atoms with E-state index in [-0.39, 0.29) is 18.2 Å². The lowest BCUT2D eigenvalue weighted by atomic mass is 10.2. The van der Waals surface area contributed by atoms with Gasteiger partial charge in [-0.05, 0) is 12.8 Å². The molecule has 5 nitrogen and oxygen atoms in total. The monoisotopic (exact) mass is 309 g/mol. The summed E-state index contributed by atoms with van der Waals surface area (Å²) in [4.78, 5) is 2.42. The summed E-state index contributed by atoms with van der Waals surface area (Å²) in [7, 11) is -3.07. The molecule has 1 N–H and O–H groups in total. The summed E-state index contributed by atoms with van der Waals surface area (Å²) in [6.45, 7) is 9.01. The number of halogens is 1. The van der Waals surface area contributed by atoms with E-state index in [1.807, 2.05) is 0 Å². The predicted octanol–water partition coefficient (Wildman–Crippen LogP) is 0.294. The van der Waals surface area contributed by atoms with Gasteiger partial charge in [0.1, 0.15) is 0 Å². The zero-order chi connectivity index (χ0) is 13.0. The molecule has 19 heavy (non-hydrogen) atoms. The average molecular weight is 310 g/mol. The van der Waals surface area contributed by atoms with E-state index in [0.29, 0.717) is 25.6 Å². The van der Waals surface area contributed by atoms with Gasteiger partial charge in [0.25, 0.3) is 0 Å². The van der Waals surface area contributed by atoms with Crippen LogP contribution in [0.25, 0.3) is 0 Å². The minimum absolute atomic E-state index is 0. The Kier molecular flexibility index (Phi) is 6.76. The summed E-state index contributed by atoms with van der Waals surface area (Å²) in [6.07, 6.45) is 3.17. The summed E-state index contributed by atoms with van der Waals surface area (Å²) in [6, 6.07) is 0.408. The highest BCUT2D eigenvalue weighted by Crippen LogP contribution is 2.19. The molecule has 0 aromatic carbocycles. The van der Waals surface area contributed by atoms with Gasteiger partial charge in [0, 0.05) is 45.3 Å². The lowest BCUT2D eigenvalue weighted by molar-refractivity contribution is 0.179. The van der Waals surface area contributed by atoms with Crippen LogP contribution in [0.1, 0.15) is 12.8 Å². The zero-order valence-corrected chi connectivity index (χ0v) is 12.9. The van der Waals surface area contributed by atoms with Crippen molar-refractivity contribution in [3.8, 4) is 0 Å². The van der Waals surface area contributed by atoms with E-state index in [0.717, 1.165) is 32.6 Å². The van der Waals surface area contributed by atoms with E-state index in [1.165, 1.54) is 0 Å². The van der Waals surface area contributed by atoms with Crippen molar-refractivity contribution in [1.29, 1.82) is 0 Å². The second kappa shape index (κ2) is 7.59. The number of hydrogen-bond acceptors (Lipinski definition) is 4. The van der Waals surface area contributed by atoms with Crippen molar-refractivity contribution in [2.24, 2.45) is 0 Å². The fourth-order valence-electron chi connectivity index (χ4n) is 2.67. The minimum atomic E-state index is -3.07. The molecule has 0 aromatic rings. The van der Waals surface area contributed by atoms with Gasteiger partial charge in [0.15, 0.2) is 0 Å². The molecule has 7 heteroatoms. The smallest absolute Gasteiger partial charge is 0.214 e. The van der Waals surface area contributed by atoms with Crippen LogP contribution in [-0.2, 0) is 10.0 Å². The quantitative estimate of drug-likeness (QED) is 0.742. The maximum atomic E-state index is 12.1. The molecule has 0 bridgehead atoms. The van der Waals surface area contributed by atoms with Crippen molar-refractivity contribution in [3.05, 3.63) is 12.7 Å². The maximum absolute atomic E-state index is 12.1. The first-order chi connectivity index (χ1) is 8.63. The predicted molar refractivity (Wildman–Crippen MR) is 80.3 cm³/mol. The molecule has 1 unspecified atom stereocenters. The molecule has 1 atom stereocenters. The Bertz CT molecular complexity index is 382. The third-order valence-electron chi connectivity index (χ3n) is 3.77. The summed E-state index contributed by atoms with van der Waals surface area (Å²) in [5, 5.41) is 3.32. The maximum Gasteiger partial charge on any atom is 0.214 e. The average Bonchev–Trinajstić information content (AvgIpc) is 2.88. The van der Waals surface area contributed by atoms with E-state index in [1.54, 1.807) is 10.4 Å². The number of piperazine rings is 1. The molecule has 0 aliphatic carbocycles. The van der Waals surface area contributed by atoms with E-state index in [2.05, 4.69) is 16.8 Å². The van der Waals surface area contributed by atoms with Gasteiger partial charge in [-0.15, -0.1) is 19.0 Å². The molecule has 2 rings (SSSR count). The van der Waals surface area contributed by atoms with Crippen molar-refractivity contribution in [3.63, 3.8) is 0 Å². The van der Waals surface area contributed by atoms with Crippen molar-refractivity contribution >= 4 is 22.4 Å². The largest absolute Gasteiger partial charge is 0.314 e. The first-order valence-electron chi connectivity index (χ1n) is 6.67. The molecule has 2 fully saturated rings. The minimum Gasteiger partial charge on any atom is -0.314 e. The van der Waals surface area contributed by atoms with Gasteiger partial charge in [-0.3, -0.25) is 4.90 Å². The molecule has 0 amide bonds. The van der Waals surface area contributed by atoms with Gasteiger partial charge in [-0.25, -0.2) is 12.7 Å². The van der Waals surface area contributed by atoms with Crippen LogP contribution in [0.15, 0.2) is 12.7 Å². The van der Waals surface area contributed by atoms with Gasteiger partial charge in [0.2, 0.25) is 10.0 Å². The summed E-state index contributed by atoms with van der Waals surface area (Å²) in [5.41, 5.74) is 0. The molecule has 0 aromatic heterocycles. The topological polar surface area (TPSA) is 52.7 Å². The van der Waals surface area contributed by atoms with E-state index >= 15 is 0 Å². The molecule has 2 saturated heterocycles. The normalized spacial score (nSPS) is 26.0. The van der Waals surface area contributed by atoms with Crippen LogP contribution in [0.3, 0.4) is 0 Å². The van der Waals surface area contributed by atoms with Crippen molar-refractivity contribution < 1.29 is 8.42 Å². The fourth-order valence-corrected chi connectivity index (χ4v) is 4.18. The van der Waals surface area contributed by atoms with Gasteiger partial charge in [0.05, 0.1) is 5.75 Å². The standard InChI is InChI=1S/C12H23N3O2S.ClH/c1-2-3-10-18(16,17)15-7-4-12(11-15)14-8-5-13-6-9-14;/h2,12-13H,1,3-11H2;1H. The lowest BCUT2D eigenvalue weighted by Gasteiger charge is -2.32. The van der Waals surface area contributed by atoms with Crippen LogP contribution in [0.2, 0.25) is 0 Å². The number of allylic oxidation sites excluding steroid dienone is 1. The lowest BCUT2D eigenvalue weighted by Crippen LogP contribution is -2.49. The third-order valence-corrected chi connectivity index (χ3v) is 5.64. The highest BCUT2D eigenvalue weighted by atomic mass is 35.5. The molecule has 2 aliphatic heterocycles. The summed E-state index contributed by atoms with van der Waals surface area (Å²) >= 11 is 0. The van der Waals surface area contributed by atoms with Crippen molar-refractivity contribution in [2.75, 3.05) is 45.0 Å². The second-order valence-electron chi connectivity index (χ2n) is 4.98. The van der Waals surface area contributed by atoms with E-state index in [4.69, 9.17) is 0 Å². The van der Waals surface area contributed by atoms with Crippen molar-refractivity contribution in [2.45, 2.75) is 18.9 Å². The Morgan fingerprint density at radius 3 is 2.58 bits per heavy atom. The Labute approximate surface area is 122 Å². The molecule has 0 radical (unpaired) electrons. The van der Waals surface area contributed by atoms with E-state index < -0.39 is 10.0 Å². The first-order valence-corrected chi connectivity index (χ1v) is 8.28. The molecule has 2 aliphatic rings. The number of nitrogens with zero attached hydrogens (tertiary/aromatic N) is 2. The Morgan fingerprint density at radius 2 is 1.95 bits per heavy atom.